The van der Waals surface area contributed by atoms with Gasteiger partial charge in [-0.1, -0.05) is 18.2 Å². The first-order valence-corrected chi connectivity index (χ1v) is 5.06. The second-order valence-electron chi connectivity index (χ2n) is 2.80. The van der Waals surface area contributed by atoms with Gasteiger partial charge in [0.15, 0.2) is 0 Å². The minimum absolute atomic E-state index is 0.0954. The summed E-state index contributed by atoms with van der Waals surface area (Å²) in [7, 11) is 0. The molecule has 0 bridgehead atoms. The van der Waals surface area contributed by atoms with Gasteiger partial charge in [0.1, 0.15) is 0 Å². The lowest BCUT2D eigenvalue weighted by Gasteiger charge is -1.93. The van der Waals surface area contributed by atoms with E-state index in [1.165, 1.54) is 11.8 Å². The van der Waals surface area contributed by atoms with Crippen LogP contribution in [0.25, 0.3) is 10.9 Å². The van der Waals surface area contributed by atoms with Crippen LogP contribution in [0.1, 0.15) is 0 Å². The first-order chi connectivity index (χ1) is 6.77. The lowest BCUT2D eigenvalue weighted by Crippen LogP contribution is -1.94. The van der Waals surface area contributed by atoms with Gasteiger partial charge in [-0.05, 0) is 17.8 Å². The quantitative estimate of drug-likeness (QED) is 0.365. The molecule has 0 aliphatic heterocycles. The van der Waals surface area contributed by atoms with Crippen LogP contribution >= 0.6 is 11.8 Å². The molecule has 0 fully saturated rings. The first-order valence-electron chi connectivity index (χ1n) is 4.08. The molecule has 0 saturated carbocycles. The van der Waals surface area contributed by atoms with Gasteiger partial charge in [0.25, 0.3) is 5.88 Å². The number of rotatable bonds is 3. The minimum Gasteiger partial charge on any atom is -0.360 e. The number of benzene rings is 1. The molecular formula is C9H8N2O2S. The summed E-state index contributed by atoms with van der Waals surface area (Å²) < 4.78 is 0. The summed E-state index contributed by atoms with van der Waals surface area (Å²) in [4.78, 5) is 13.9. The van der Waals surface area contributed by atoms with Crippen molar-refractivity contribution < 1.29 is 4.92 Å². The molecule has 0 aliphatic rings. The Kier molecular flexibility index (Phi) is 2.41. The van der Waals surface area contributed by atoms with E-state index in [-0.39, 0.29) is 10.8 Å². The number of nitrogens with one attached hydrogen (secondary N) is 1. The van der Waals surface area contributed by atoms with Crippen molar-refractivity contribution in [3.8, 4) is 0 Å². The lowest BCUT2D eigenvalue weighted by molar-refractivity contribution is -0.456. The van der Waals surface area contributed by atoms with Crippen LogP contribution < -0.4 is 0 Å². The molecule has 2 rings (SSSR count). The summed E-state index contributed by atoms with van der Waals surface area (Å²) in [5.41, 5.74) is 1.01. The Morgan fingerprint density at radius 3 is 3.00 bits per heavy atom. The monoisotopic (exact) mass is 208 g/mol. The van der Waals surface area contributed by atoms with Crippen molar-refractivity contribution in [2.75, 3.05) is 5.88 Å². The second-order valence-corrected chi connectivity index (χ2v) is 3.79. The number of aromatic amines is 1. The molecule has 0 atom stereocenters. The molecule has 0 spiro atoms. The Morgan fingerprint density at radius 1 is 1.43 bits per heavy atom. The Bertz CT molecular complexity index is 467. The van der Waals surface area contributed by atoms with Gasteiger partial charge in [-0.15, -0.1) is 0 Å². The fourth-order valence-electron chi connectivity index (χ4n) is 1.29. The van der Waals surface area contributed by atoms with Crippen molar-refractivity contribution >= 4 is 22.7 Å². The SMILES string of the molecule is O=[N+]([O-])CSc1c[nH]c2ccccc12. The molecule has 0 aliphatic carbocycles. The van der Waals surface area contributed by atoms with Gasteiger partial charge in [0, 0.05) is 26.9 Å². The highest BCUT2D eigenvalue weighted by atomic mass is 32.2. The largest absolute Gasteiger partial charge is 0.360 e. The Labute approximate surface area is 84.5 Å². The molecule has 5 heteroatoms. The number of aromatic nitrogens is 1. The van der Waals surface area contributed by atoms with Crippen LogP contribution in [0, 0.1) is 10.1 Å². The van der Waals surface area contributed by atoms with E-state index in [1.807, 2.05) is 24.3 Å². The van der Waals surface area contributed by atoms with Crippen LogP contribution in [0.4, 0.5) is 0 Å². The van der Waals surface area contributed by atoms with E-state index >= 15 is 0 Å². The summed E-state index contributed by atoms with van der Waals surface area (Å²) in [6, 6.07) is 7.76. The molecule has 0 saturated heterocycles. The zero-order valence-electron chi connectivity index (χ0n) is 7.27. The fourth-order valence-corrected chi connectivity index (χ4v) is 2.01. The Morgan fingerprint density at radius 2 is 2.21 bits per heavy atom. The van der Waals surface area contributed by atoms with Gasteiger partial charge in [0.05, 0.1) is 0 Å². The van der Waals surface area contributed by atoms with Crippen molar-refractivity contribution in [2.45, 2.75) is 4.90 Å². The van der Waals surface area contributed by atoms with Gasteiger partial charge in [-0.2, -0.15) is 0 Å². The van der Waals surface area contributed by atoms with Gasteiger partial charge in [-0.3, -0.25) is 10.1 Å². The normalized spacial score (nSPS) is 10.6. The molecule has 1 aromatic heterocycles. The van der Waals surface area contributed by atoms with E-state index in [0.29, 0.717) is 0 Å². The van der Waals surface area contributed by atoms with Crippen LogP contribution in [0.15, 0.2) is 35.4 Å². The second kappa shape index (κ2) is 3.71. The number of hydrogen-bond acceptors (Lipinski definition) is 3. The fraction of sp³-hybridized carbons (Fsp3) is 0.111. The number of nitrogens with zero attached hydrogens (tertiary/aromatic N) is 1. The molecule has 1 aromatic carbocycles. The first kappa shape index (κ1) is 9.08. The zero-order chi connectivity index (χ0) is 9.97. The maximum atomic E-state index is 10.2. The zero-order valence-corrected chi connectivity index (χ0v) is 8.08. The van der Waals surface area contributed by atoms with E-state index in [9.17, 15) is 10.1 Å². The minimum atomic E-state index is -0.327. The summed E-state index contributed by atoms with van der Waals surface area (Å²) >= 11 is 1.23. The molecule has 0 unspecified atom stereocenters. The number of fused-ring (bicyclic) bond motifs is 1. The highest BCUT2D eigenvalue weighted by Crippen LogP contribution is 2.27. The molecule has 0 amide bonds. The maximum Gasteiger partial charge on any atom is 0.253 e. The predicted octanol–water partition coefficient (Wildman–Crippen LogP) is 2.49. The average Bonchev–Trinajstić information content (AvgIpc) is 2.58. The van der Waals surface area contributed by atoms with Gasteiger partial charge >= 0.3 is 0 Å². The number of H-pyrrole nitrogens is 1. The molecule has 1 N–H and O–H groups in total. The van der Waals surface area contributed by atoms with E-state index in [2.05, 4.69) is 4.98 Å². The van der Waals surface area contributed by atoms with Crippen molar-refractivity contribution in [1.29, 1.82) is 0 Å². The highest BCUT2D eigenvalue weighted by Gasteiger charge is 2.06. The molecular weight excluding hydrogens is 200 g/mol. The van der Waals surface area contributed by atoms with E-state index in [1.54, 1.807) is 6.20 Å². The molecule has 1 heterocycles. The third-order valence-corrected chi connectivity index (χ3v) is 2.87. The van der Waals surface area contributed by atoms with E-state index in [0.717, 1.165) is 15.8 Å². The Balaban J connectivity index is 2.29. The smallest absolute Gasteiger partial charge is 0.253 e. The maximum absolute atomic E-state index is 10.2. The number of hydrogen-bond donors (Lipinski definition) is 1. The standard InChI is InChI=1S/C9H8N2O2S/c12-11(13)6-14-9-5-10-8-4-2-1-3-7(8)9/h1-5,10H,6H2. The topological polar surface area (TPSA) is 58.9 Å². The van der Waals surface area contributed by atoms with Crippen molar-refractivity contribution in [3.63, 3.8) is 0 Å². The number of thioether (sulfide) groups is 1. The molecule has 72 valence electrons. The van der Waals surface area contributed by atoms with Crippen LogP contribution in [-0.4, -0.2) is 15.8 Å². The van der Waals surface area contributed by atoms with Crippen LogP contribution in [0.3, 0.4) is 0 Å². The summed E-state index contributed by atoms with van der Waals surface area (Å²) in [5.74, 6) is -0.0954. The summed E-state index contributed by atoms with van der Waals surface area (Å²) in [6.45, 7) is 0. The van der Waals surface area contributed by atoms with Crippen molar-refractivity contribution in [1.82, 2.24) is 4.98 Å². The predicted molar refractivity (Wildman–Crippen MR) is 56.0 cm³/mol. The lowest BCUT2D eigenvalue weighted by atomic mass is 10.2. The van der Waals surface area contributed by atoms with Crippen molar-refractivity contribution in [3.05, 3.63) is 40.6 Å². The molecule has 0 radical (unpaired) electrons. The highest BCUT2D eigenvalue weighted by molar-refractivity contribution is 7.99. The van der Waals surface area contributed by atoms with Gasteiger partial charge in [-0.25, -0.2) is 0 Å². The summed E-state index contributed by atoms with van der Waals surface area (Å²) in [6.07, 6.45) is 1.80. The molecule has 4 nitrogen and oxygen atoms in total. The number of nitro groups is 1. The molecule has 14 heavy (non-hydrogen) atoms. The summed E-state index contributed by atoms with van der Waals surface area (Å²) in [5, 5.41) is 11.2. The van der Waals surface area contributed by atoms with Crippen LogP contribution in [0.5, 0.6) is 0 Å². The van der Waals surface area contributed by atoms with Crippen molar-refractivity contribution in [2.24, 2.45) is 0 Å². The Hall–Kier alpha value is -1.49. The van der Waals surface area contributed by atoms with Crippen LogP contribution in [-0.2, 0) is 0 Å². The average molecular weight is 208 g/mol. The van der Waals surface area contributed by atoms with Gasteiger partial charge < -0.3 is 4.98 Å². The molecule has 2 aromatic rings. The van der Waals surface area contributed by atoms with E-state index in [4.69, 9.17) is 0 Å². The number of para-hydroxylation sites is 1. The third-order valence-electron chi connectivity index (χ3n) is 1.88. The van der Waals surface area contributed by atoms with Gasteiger partial charge in [0.2, 0.25) is 0 Å². The third kappa shape index (κ3) is 1.72. The van der Waals surface area contributed by atoms with E-state index < -0.39 is 0 Å². The van der Waals surface area contributed by atoms with Crippen LogP contribution in [0.2, 0.25) is 0 Å².